The number of rotatable bonds is 2. The monoisotopic (exact) mass is 258 g/mol. The smallest absolute Gasteiger partial charge is 0.153 e. The van der Waals surface area contributed by atoms with E-state index in [1.165, 1.54) is 16.5 Å². The zero-order valence-corrected chi connectivity index (χ0v) is 11.6. The lowest BCUT2D eigenvalue weighted by Crippen LogP contribution is -2.50. The minimum Gasteiger partial charge on any atom is -0.382 e. The lowest BCUT2D eigenvalue weighted by Gasteiger charge is -2.38. The number of anilines is 2. The largest absolute Gasteiger partial charge is 0.382 e. The Morgan fingerprint density at radius 3 is 2.88 bits per heavy atom. The van der Waals surface area contributed by atoms with Crippen molar-refractivity contribution in [3.8, 4) is 0 Å². The van der Waals surface area contributed by atoms with Crippen molar-refractivity contribution in [3.05, 3.63) is 0 Å². The molecule has 1 unspecified atom stereocenters. The topological polar surface area (TPSA) is 45.4 Å². The summed E-state index contributed by atoms with van der Waals surface area (Å²) in [5.41, 5.74) is 5.86. The number of piperazine rings is 1. The highest BCUT2D eigenvalue weighted by molar-refractivity contribution is 7.99. The summed E-state index contributed by atoms with van der Waals surface area (Å²) in [7, 11) is 2.18. The summed E-state index contributed by atoms with van der Waals surface area (Å²) >= 11 is 3.21. The van der Waals surface area contributed by atoms with Gasteiger partial charge >= 0.3 is 0 Å². The molecule has 90 valence electrons. The first-order valence-electron chi connectivity index (χ1n) is 5.37. The molecular weight excluding hydrogens is 240 g/mol. The average Bonchev–Trinajstić information content (AvgIpc) is 2.63. The summed E-state index contributed by atoms with van der Waals surface area (Å²) in [6.45, 7) is 5.49. The maximum atomic E-state index is 5.86. The molecule has 0 spiro atoms. The highest BCUT2D eigenvalue weighted by Crippen LogP contribution is 2.38. The molecule has 0 saturated carbocycles. The molecule has 2 rings (SSSR count). The van der Waals surface area contributed by atoms with E-state index in [-0.39, 0.29) is 0 Å². The van der Waals surface area contributed by atoms with Crippen LogP contribution < -0.4 is 10.6 Å². The zero-order chi connectivity index (χ0) is 11.7. The molecule has 1 saturated heterocycles. The van der Waals surface area contributed by atoms with Gasteiger partial charge in [0.25, 0.3) is 0 Å². The Balaban J connectivity index is 2.18. The van der Waals surface area contributed by atoms with Crippen molar-refractivity contribution in [1.29, 1.82) is 0 Å². The molecule has 0 aliphatic carbocycles. The van der Waals surface area contributed by atoms with Gasteiger partial charge < -0.3 is 15.5 Å². The van der Waals surface area contributed by atoms with Crippen LogP contribution in [0, 0.1) is 0 Å². The lowest BCUT2D eigenvalue weighted by molar-refractivity contribution is 0.234. The average molecular weight is 258 g/mol. The number of hydrogen-bond donors (Lipinski definition) is 1. The fourth-order valence-corrected chi connectivity index (χ4v) is 3.63. The van der Waals surface area contributed by atoms with E-state index in [2.05, 4.69) is 34.4 Å². The Labute approximate surface area is 105 Å². The fourth-order valence-electron chi connectivity index (χ4n) is 1.91. The molecule has 1 aromatic rings. The van der Waals surface area contributed by atoms with E-state index in [1.54, 1.807) is 11.8 Å². The third kappa shape index (κ3) is 2.14. The van der Waals surface area contributed by atoms with E-state index >= 15 is 0 Å². The third-order valence-electron chi connectivity index (χ3n) is 3.11. The summed E-state index contributed by atoms with van der Waals surface area (Å²) < 4.78 is 4.25. The molecule has 6 heteroatoms. The third-order valence-corrected chi connectivity index (χ3v) is 4.97. The number of thioether (sulfide) groups is 1. The fraction of sp³-hybridized carbons (Fsp3) is 0.700. The van der Waals surface area contributed by atoms with Gasteiger partial charge in [-0.25, -0.2) is 0 Å². The number of hydrogen-bond acceptors (Lipinski definition) is 6. The van der Waals surface area contributed by atoms with Crippen molar-refractivity contribution < 1.29 is 0 Å². The van der Waals surface area contributed by atoms with Crippen LogP contribution in [0.1, 0.15) is 6.92 Å². The van der Waals surface area contributed by atoms with Crippen LogP contribution in [0.2, 0.25) is 0 Å². The lowest BCUT2D eigenvalue weighted by atomic mass is 10.2. The van der Waals surface area contributed by atoms with E-state index in [1.807, 2.05) is 0 Å². The Hall–Kier alpha value is -0.460. The second-order valence-electron chi connectivity index (χ2n) is 4.18. The Kier molecular flexibility index (Phi) is 3.61. The predicted molar refractivity (Wildman–Crippen MR) is 72.6 cm³/mol. The summed E-state index contributed by atoms with van der Waals surface area (Å²) in [5, 5.41) is 1.24. The van der Waals surface area contributed by atoms with Crippen molar-refractivity contribution in [3.63, 3.8) is 0 Å². The Bertz CT molecular complexity index is 366. The van der Waals surface area contributed by atoms with Crippen molar-refractivity contribution in [2.24, 2.45) is 0 Å². The Morgan fingerprint density at radius 2 is 2.25 bits per heavy atom. The maximum Gasteiger partial charge on any atom is 0.153 e. The second kappa shape index (κ2) is 4.81. The number of nitrogens with two attached hydrogens (primary N) is 1. The normalized spacial score (nSPS) is 22.7. The van der Waals surface area contributed by atoms with E-state index < -0.39 is 0 Å². The van der Waals surface area contributed by atoms with Crippen LogP contribution in [0.25, 0.3) is 0 Å². The van der Waals surface area contributed by atoms with Crippen LogP contribution >= 0.6 is 23.3 Å². The van der Waals surface area contributed by atoms with Gasteiger partial charge in [-0.1, -0.05) is 0 Å². The highest BCUT2D eigenvalue weighted by atomic mass is 32.2. The molecule has 1 aromatic heterocycles. The molecule has 0 bridgehead atoms. The first-order valence-corrected chi connectivity index (χ1v) is 7.37. The summed E-state index contributed by atoms with van der Waals surface area (Å²) in [4.78, 5) is 5.94. The first kappa shape index (κ1) is 12.0. The van der Waals surface area contributed by atoms with Gasteiger partial charge in [0.1, 0.15) is 5.00 Å². The quantitative estimate of drug-likeness (QED) is 0.816. The van der Waals surface area contributed by atoms with Gasteiger partial charge in [0.15, 0.2) is 5.82 Å². The van der Waals surface area contributed by atoms with Crippen molar-refractivity contribution >= 4 is 34.1 Å². The first-order chi connectivity index (χ1) is 7.63. The summed E-state index contributed by atoms with van der Waals surface area (Å²) in [6.07, 6.45) is 2.06. The van der Waals surface area contributed by atoms with Crippen molar-refractivity contribution in [2.75, 3.05) is 43.6 Å². The summed E-state index contributed by atoms with van der Waals surface area (Å²) in [6, 6.07) is 0.590. The molecule has 0 radical (unpaired) electrons. The van der Waals surface area contributed by atoms with Gasteiger partial charge in [-0.3, -0.25) is 0 Å². The molecule has 16 heavy (non-hydrogen) atoms. The van der Waals surface area contributed by atoms with Crippen molar-refractivity contribution in [2.45, 2.75) is 17.9 Å². The predicted octanol–water partition coefficient (Wildman–Crippen LogP) is 1.59. The molecular formula is C10H18N4S2. The zero-order valence-electron chi connectivity index (χ0n) is 9.93. The molecule has 1 aliphatic heterocycles. The van der Waals surface area contributed by atoms with Crippen LogP contribution in [-0.2, 0) is 0 Å². The van der Waals surface area contributed by atoms with Gasteiger partial charge in [-0.05, 0) is 31.8 Å². The van der Waals surface area contributed by atoms with Gasteiger partial charge in [0.05, 0.1) is 4.90 Å². The maximum absolute atomic E-state index is 5.86. The standard InChI is InChI=1S/C10H18N4S2/c1-7-6-14(5-4-13(7)2)10-8(15-3)9(11)12-16-10/h7H,4-6H2,1-3H3,(H2,11,12). The van der Waals surface area contributed by atoms with Gasteiger partial charge in [0, 0.05) is 25.7 Å². The van der Waals surface area contributed by atoms with E-state index in [9.17, 15) is 0 Å². The molecule has 1 aliphatic rings. The van der Waals surface area contributed by atoms with Crippen LogP contribution in [0.4, 0.5) is 10.8 Å². The van der Waals surface area contributed by atoms with Gasteiger partial charge in [-0.2, -0.15) is 4.37 Å². The van der Waals surface area contributed by atoms with E-state index in [0.717, 1.165) is 24.5 Å². The SMILES string of the molecule is CSc1c(N)nsc1N1CCN(C)C(C)C1. The molecule has 2 heterocycles. The minimum absolute atomic E-state index is 0.590. The minimum atomic E-state index is 0.590. The van der Waals surface area contributed by atoms with E-state index in [0.29, 0.717) is 11.9 Å². The molecule has 1 fully saturated rings. The second-order valence-corrected chi connectivity index (χ2v) is 5.75. The molecule has 1 atom stereocenters. The van der Waals surface area contributed by atoms with Crippen LogP contribution in [-0.4, -0.2) is 48.3 Å². The number of likely N-dealkylation sites (N-methyl/N-ethyl adjacent to an activating group) is 1. The highest BCUT2D eigenvalue weighted by Gasteiger charge is 2.24. The van der Waals surface area contributed by atoms with Gasteiger partial charge in [-0.15, -0.1) is 11.8 Å². The van der Waals surface area contributed by atoms with Crippen molar-refractivity contribution in [1.82, 2.24) is 9.27 Å². The van der Waals surface area contributed by atoms with Crippen LogP contribution in [0.3, 0.4) is 0 Å². The van der Waals surface area contributed by atoms with E-state index in [4.69, 9.17) is 5.73 Å². The number of nitrogen functional groups attached to an aromatic ring is 1. The van der Waals surface area contributed by atoms with Crippen LogP contribution in [0.5, 0.6) is 0 Å². The molecule has 2 N–H and O–H groups in total. The number of aromatic nitrogens is 1. The number of nitrogens with zero attached hydrogens (tertiary/aromatic N) is 3. The van der Waals surface area contributed by atoms with Gasteiger partial charge in [0.2, 0.25) is 0 Å². The molecule has 4 nitrogen and oxygen atoms in total. The summed E-state index contributed by atoms with van der Waals surface area (Å²) in [5.74, 6) is 0.680. The molecule has 0 aromatic carbocycles. The Morgan fingerprint density at radius 1 is 1.50 bits per heavy atom. The van der Waals surface area contributed by atoms with Crippen LogP contribution in [0.15, 0.2) is 4.90 Å². The molecule has 0 amide bonds.